The SMILES string of the molecule is CNC(CCN(C)CCS(C)(=O)=O)c1cccc(Br)c1. The number of hydrogen-bond acceptors (Lipinski definition) is 4. The normalized spacial score (nSPS) is 13.7. The summed E-state index contributed by atoms with van der Waals surface area (Å²) < 4.78 is 23.4. The molecule has 20 heavy (non-hydrogen) atoms. The molecule has 0 fully saturated rings. The molecular formula is C14H23BrN2O2S. The van der Waals surface area contributed by atoms with Crippen LogP contribution in [0.3, 0.4) is 0 Å². The van der Waals surface area contributed by atoms with Gasteiger partial charge in [-0.25, -0.2) is 8.42 Å². The van der Waals surface area contributed by atoms with E-state index in [1.165, 1.54) is 11.8 Å². The van der Waals surface area contributed by atoms with Gasteiger partial charge >= 0.3 is 0 Å². The molecule has 0 saturated heterocycles. The van der Waals surface area contributed by atoms with Crippen LogP contribution < -0.4 is 5.32 Å². The van der Waals surface area contributed by atoms with Gasteiger partial charge in [0.1, 0.15) is 9.84 Å². The van der Waals surface area contributed by atoms with Crippen molar-refractivity contribution in [3.05, 3.63) is 34.3 Å². The number of benzene rings is 1. The second-order valence-electron chi connectivity index (χ2n) is 5.12. The zero-order chi connectivity index (χ0) is 15.2. The standard InChI is InChI=1S/C14H23BrN2O2S/c1-16-14(12-5-4-6-13(15)11-12)7-8-17(2)9-10-20(3,18)19/h4-6,11,14,16H,7-10H2,1-3H3. The highest BCUT2D eigenvalue weighted by atomic mass is 79.9. The summed E-state index contributed by atoms with van der Waals surface area (Å²) in [6.45, 7) is 1.43. The van der Waals surface area contributed by atoms with Gasteiger partial charge in [-0.1, -0.05) is 28.1 Å². The first kappa shape index (κ1) is 17.6. The van der Waals surface area contributed by atoms with Crippen LogP contribution in [0.4, 0.5) is 0 Å². The first-order valence-corrected chi connectivity index (χ1v) is 9.46. The van der Waals surface area contributed by atoms with Crippen molar-refractivity contribution in [2.24, 2.45) is 0 Å². The number of nitrogens with one attached hydrogen (secondary N) is 1. The Labute approximate surface area is 130 Å². The fourth-order valence-electron chi connectivity index (χ4n) is 1.98. The second-order valence-corrected chi connectivity index (χ2v) is 8.29. The average molecular weight is 363 g/mol. The van der Waals surface area contributed by atoms with Crippen LogP contribution in [0.5, 0.6) is 0 Å². The van der Waals surface area contributed by atoms with Crippen LogP contribution in [-0.4, -0.2) is 52.5 Å². The molecule has 0 heterocycles. The van der Waals surface area contributed by atoms with Crippen LogP contribution in [0, 0.1) is 0 Å². The molecule has 1 rings (SSSR count). The molecule has 0 aromatic heterocycles. The molecule has 1 aromatic rings. The lowest BCUT2D eigenvalue weighted by Gasteiger charge is -2.21. The molecule has 0 bridgehead atoms. The van der Waals surface area contributed by atoms with Crippen molar-refractivity contribution in [1.82, 2.24) is 10.2 Å². The van der Waals surface area contributed by atoms with E-state index in [1.54, 1.807) is 0 Å². The lowest BCUT2D eigenvalue weighted by Crippen LogP contribution is -2.29. The molecule has 1 unspecified atom stereocenters. The van der Waals surface area contributed by atoms with Gasteiger partial charge in [-0.05, 0) is 44.8 Å². The monoisotopic (exact) mass is 362 g/mol. The zero-order valence-electron chi connectivity index (χ0n) is 12.3. The molecule has 6 heteroatoms. The number of rotatable bonds is 8. The minimum atomic E-state index is -2.88. The molecule has 0 aliphatic carbocycles. The molecule has 1 N–H and O–H groups in total. The Morgan fingerprint density at radius 2 is 2.05 bits per heavy atom. The Morgan fingerprint density at radius 3 is 2.60 bits per heavy atom. The van der Waals surface area contributed by atoms with E-state index in [9.17, 15) is 8.42 Å². The summed E-state index contributed by atoms with van der Waals surface area (Å²) >= 11 is 3.48. The molecule has 0 spiro atoms. The van der Waals surface area contributed by atoms with Gasteiger partial charge in [0.2, 0.25) is 0 Å². The van der Waals surface area contributed by atoms with E-state index >= 15 is 0 Å². The average Bonchev–Trinajstić information content (AvgIpc) is 2.36. The maximum absolute atomic E-state index is 11.1. The lowest BCUT2D eigenvalue weighted by atomic mass is 10.0. The highest BCUT2D eigenvalue weighted by Gasteiger charge is 2.11. The second kappa shape index (κ2) is 8.12. The third kappa shape index (κ3) is 6.83. The van der Waals surface area contributed by atoms with E-state index in [0.717, 1.165) is 17.4 Å². The van der Waals surface area contributed by atoms with E-state index in [0.29, 0.717) is 6.54 Å². The third-order valence-electron chi connectivity index (χ3n) is 3.24. The molecule has 0 saturated carbocycles. The van der Waals surface area contributed by atoms with Gasteiger partial charge in [0.15, 0.2) is 0 Å². The van der Waals surface area contributed by atoms with Crippen LogP contribution in [-0.2, 0) is 9.84 Å². The molecule has 0 amide bonds. The number of sulfone groups is 1. The van der Waals surface area contributed by atoms with Crippen molar-refractivity contribution in [3.63, 3.8) is 0 Å². The smallest absolute Gasteiger partial charge is 0.148 e. The largest absolute Gasteiger partial charge is 0.313 e. The summed E-state index contributed by atoms with van der Waals surface area (Å²) in [5.41, 5.74) is 1.23. The van der Waals surface area contributed by atoms with Crippen molar-refractivity contribution < 1.29 is 8.42 Å². The lowest BCUT2D eigenvalue weighted by molar-refractivity contribution is 0.326. The van der Waals surface area contributed by atoms with Gasteiger partial charge in [0.25, 0.3) is 0 Å². The maximum Gasteiger partial charge on any atom is 0.148 e. The first-order chi connectivity index (χ1) is 9.31. The van der Waals surface area contributed by atoms with Gasteiger partial charge < -0.3 is 10.2 Å². The van der Waals surface area contributed by atoms with E-state index in [-0.39, 0.29) is 11.8 Å². The molecular weight excluding hydrogens is 340 g/mol. The van der Waals surface area contributed by atoms with Crippen molar-refractivity contribution >= 4 is 25.8 Å². The van der Waals surface area contributed by atoms with E-state index in [1.807, 2.05) is 26.2 Å². The van der Waals surface area contributed by atoms with Crippen LogP contribution in [0.1, 0.15) is 18.0 Å². The minimum absolute atomic E-state index is 0.213. The summed E-state index contributed by atoms with van der Waals surface area (Å²) in [5.74, 6) is 0.213. The number of hydrogen-bond donors (Lipinski definition) is 1. The molecule has 0 radical (unpaired) electrons. The van der Waals surface area contributed by atoms with Crippen LogP contribution in [0.2, 0.25) is 0 Å². The Kier molecular flexibility index (Phi) is 7.15. The van der Waals surface area contributed by atoms with Gasteiger partial charge in [-0.3, -0.25) is 0 Å². The van der Waals surface area contributed by atoms with Crippen molar-refractivity contribution in [3.8, 4) is 0 Å². The topological polar surface area (TPSA) is 49.4 Å². The Hall–Kier alpha value is -0.430. The summed E-state index contributed by atoms with van der Waals surface area (Å²) in [6.07, 6.45) is 2.21. The van der Waals surface area contributed by atoms with E-state index in [4.69, 9.17) is 0 Å². The molecule has 0 aliphatic rings. The summed E-state index contributed by atoms with van der Waals surface area (Å²) in [4.78, 5) is 2.06. The molecule has 1 atom stereocenters. The predicted molar refractivity (Wildman–Crippen MR) is 87.8 cm³/mol. The predicted octanol–water partition coefficient (Wildman–Crippen LogP) is 2.08. The third-order valence-corrected chi connectivity index (χ3v) is 4.66. The fraction of sp³-hybridized carbons (Fsp3) is 0.571. The zero-order valence-corrected chi connectivity index (χ0v) is 14.7. The molecule has 4 nitrogen and oxygen atoms in total. The van der Waals surface area contributed by atoms with Crippen molar-refractivity contribution in [2.75, 3.05) is 39.2 Å². The Morgan fingerprint density at radius 1 is 1.35 bits per heavy atom. The Balaban J connectivity index is 2.49. The molecule has 0 aliphatic heterocycles. The number of nitrogens with zero attached hydrogens (tertiary/aromatic N) is 1. The maximum atomic E-state index is 11.1. The summed E-state index contributed by atoms with van der Waals surface area (Å²) in [7, 11) is 1.02. The van der Waals surface area contributed by atoms with E-state index < -0.39 is 9.84 Å². The van der Waals surface area contributed by atoms with Gasteiger partial charge in [0.05, 0.1) is 5.75 Å². The molecule has 1 aromatic carbocycles. The van der Waals surface area contributed by atoms with Gasteiger partial charge in [-0.2, -0.15) is 0 Å². The Bertz CT molecular complexity index is 520. The summed E-state index contributed by atoms with van der Waals surface area (Å²) in [5, 5.41) is 3.31. The van der Waals surface area contributed by atoms with E-state index in [2.05, 4.69) is 38.3 Å². The highest BCUT2D eigenvalue weighted by Crippen LogP contribution is 2.20. The van der Waals surface area contributed by atoms with Crippen LogP contribution in [0.15, 0.2) is 28.7 Å². The van der Waals surface area contributed by atoms with Gasteiger partial charge in [0, 0.05) is 23.3 Å². The van der Waals surface area contributed by atoms with Crippen LogP contribution in [0.25, 0.3) is 0 Å². The summed E-state index contributed by atoms with van der Waals surface area (Å²) in [6, 6.07) is 8.51. The quantitative estimate of drug-likeness (QED) is 0.768. The van der Waals surface area contributed by atoms with Crippen LogP contribution >= 0.6 is 15.9 Å². The number of halogens is 1. The van der Waals surface area contributed by atoms with Gasteiger partial charge in [-0.15, -0.1) is 0 Å². The molecule has 114 valence electrons. The highest BCUT2D eigenvalue weighted by molar-refractivity contribution is 9.10. The minimum Gasteiger partial charge on any atom is -0.313 e. The van der Waals surface area contributed by atoms with Crippen molar-refractivity contribution in [2.45, 2.75) is 12.5 Å². The first-order valence-electron chi connectivity index (χ1n) is 6.61. The van der Waals surface area contributed by atoms with Crippen molar-refractivity contribution in [1.29, 1.82) is 0 Å². The fourth-order valence-corrected chi connectivity index (χ4v) is 3.04.